The molecule has 1 aromatic carbocycles. The first-order chi connectivity index (χ1) is 15.3. The van der Waals surface area contributed by atoms with Crippen LogP contribution < -0.4 is 15.8 Å². The molecular weight excluding hydrogens is 450 g/mol. The predicted molar refractivity (Wildman–Crippen MR) is 127 cm³/mol. The molecule has 1 aliphatic rings. The van der Waals surface area contributed by atoms with Crippen molar-refractivity contribution in [1.82, 2.24) is 9.97 Å². The van der Waals surface area contributed by atoms with Gasteiger partial charge in [0.15, 0.2) is 5.16 Å². The van der Waals surface area contributed by atoms with E-state index in [0.717, 1.165) is 29.5 Å². The molecule has 0 saturated heterocycles. The van der Waals surface area contributed by atoms with Gasteiger partial charge in [-0.2, -0.15) is 0 Å². The van der Waals surface area contributed by atoms with Crippen molar-refractivity contribution in [3.63, 3.8) is 0 Å². The first-order valence-electron chi connectivity index (χ1n) is 10.1. The lowest BCUT2D eigenvalue weighted by atomic mass is 9.89. The summed E-state index contributed by atoms with van der Waals surface area (Å²) in [6.45, 7) is 3.97. The molecule has 4 rings (SSSR count). The van der Waals surface area contributed by atoms with Crippen LogP contribution in [0, 0.1) is 16.0 Å². The van der Waals surface area contributed by atoms with Gasteiger partial charge in [-0.15, -0.1) is 11.3 Å². The van der Waals surface area contributed by atoms with Crippen LogP contribution in [0.25, 0.3) is 10.2 Å². The topological polar surface area (TPSA) is 133 Å². The fourth-order valence-electron chi connectivity index (χ4n) is 3.76. The van der Waals surface area contributed by atoms with Crippen LogP contribution in [0.4, 0.5) is 17.2 Å². The smallest absolute Gasteiger partial charge is 0.271 e. The summed E-state index contributed by atoms with van der Waals surface area (Å²) in [7, 11) is 1.43. The molecule has 2 heterocycles. The number of thioether (sulfide) groups is 1. The Morgan fingerprint density at radius 3 is 2.94 bits per heavy atom. The lowest BCUT2D eigenvalue weighted by molar-refractivity contribution is -0.384. The third-order valence-electron chi connectivity index (χ3n) is 5.47. The van der Waals surface area contributed by atoms with Crippen molar-refractivity contribution in [2.75, 3.05) is 18.2 Å². The number of methoxy groups -OCH3 is 1. The number of carbonyl (C=O) groups is 1. The molecule has 11 heteroatoms. The van der Waals surface area contributed by atoms with Crippen LogP contribution >= 0.6 is 23.1 Å². The molecule has 2 atom stereocenters. The molecule has 0 spiro atoms. The van der Waals surface area contributed by atoms with Gasteiger partial charge in [-0.05, 0) is 43.7 Å². The van der Waals surface area contributed by atoms with Gasteiger partial charge in [0.2, 0.25) is 5.91 Å². The molecule has 2 unspecified atom stereocenters. The number of hydrogen-bond acceptors (Lipinski definition) is 9. The summed E-state index contributed by atoms with van der Waals surface area (Å²) in [4.78, 5) is 34.6. The summed E-state index contributed by atoms with van der Waals surface area (Å²) >= 11 is 2.84. The lowest BCUT2D eigenvalue weighted by Gasteiger charge is -2.17. The Balaban J connectivity index is 1.54. The van der Waals surface area contributed by atoms with Gasteiger partial charge in [-0.1, -0.05) is 18.7 Å². The second-order valence-electron chi connectivity index (χ2n) is 7.81. The number of aromatic nitrogens is 2. The minimum Gasteiger partial charge on any atom is -0.495 e. The Labute approximate surface area is 192 Å². The summed E-state index contributed by atoms with van der Waals surface area (Å²) in [5.74, 6) is 1.07. The second kappa shape index (κ2) is 8.91. The summed E-state index contributed by atoms with van der Waals surface area (Å²) in [5, 5.41) is 14.6. The van der Waals surface area contributed by atoms with Crippen molar-refractivity contribution >= 4 is 56.4 Å². The Morgan fingerprint density at radius 2 is 2.22 bits per heavy atom. The van der Waals surface area contributed by atoms with Crippen LogP contribution in [-0.2, 0) is 17.6 Å². The molecule has 2 aromatic heterocycles. The lowest BCUT2D eigenvalue weighted by Crippen LogP contribution is -2.23. The maximum absolute atomic E-state index is 12.8. The number of nitro groups is 1. The molecule has 32 heavy (non-hydrogen) atoms. The zero-order valence-electron chi connectivity index (χ0n) is 17.9. The maximum Gasteiger partial charge on any atom is 0.271 e. The highest BCUT2D eigenvalue weighted by Crippen LogP contribution is 2.40. The molecule has 168 valence electrons. The van der Waals surface area contributed by atoms with Gasteiger partial charge >= 0.3 is 0 Å². The van der Waals surface area contributed by atoms with Crippen LogP contribution in [0.15, 0.2) is 23.4 Å². The van der Waals surface area contributed by atoms with Crippen molar-refractivity contribution in [2.24, 2.45) is 5.92 Å². The van der Waals surface area contributed by atoms with Gasteiger partial charge in [-0.25, -0.2) is 9.97 Å². The van der Waals surface area contributed by atoms with E-state index >= 15 is 0 Å². The molecule has 0 aliphatic heterocycles. The number of carbonyl (C=O) groups excluding carboxylic acids is 1. The number of fused-ring (bicyclic) bond motifs is 3. The van der Waals surface area contributed by atoms with Gasteiger partial charge in [-0.3, -0.25) is 14.9 Å². The van der Waals surface area contributed by atoms with E-state index in [1.165, 1.54) is 47.5 Å². The van der Waals surface area contributed by atoms with Crippen LogP contribution in [0.1, 0.15) is 30.7 Å². The van der Waals surface area contributed by atoms with Crippen molar-refractivity contribution in [3.05, 3.63) is 38.8 Å². The molecule has 0 bridgehead atoms. The van der Waals surface area contributed by atoms with E-state index in [4.69, 9.17) is 10.5 Å². The SMILES string of the molecule is COc1ccc([N+](=O)[O-])cc1NC(=O)C(C)Sc1nc(N)c2c3c(sc2n1)CC(C)CC3. The number of nitrogen functional groups attached to an aromatic ring is 1. The fraction of sp³-hybridized carbons (Fsp3) is 0.381. The number of ether oxygens (including phenoxy) is 1. The van der Waals surface area contributed by atoms with Gasteiger partial charge in [0.1, 0.15) is 16.4 Å². The Kier molecular flexibility index (Phi) is 6.20. The zero-order valence-corrected chi connectivity index (χ0v) is 19.5. The molecule has 1 aliphatic carbocycles. The normalized spacial score (nSPS) is 16.4. The largest absolute Gasteiger partial charge is 0.495 e. The van der Waals surface area contributed by atoms with E-state index < -0.39 is 10.2 Å². The zero-order chi connectivity index (χ0) is 23.0. The number of rotatable bonds is 6. The fourth-order valence-corrected chi connectivity index (χ4v) is 5.98. The van der Waals surface area contributed by atoms with Gasteiger partial charge < -0.3 is 15.8 Å². The number of nitrogens with one attached hydrogen (secondary N) is 1. The molecule has 3 N–H and O–H groups in total. The number of nitrogens with two attached hydrogens (primary N) is 1. The summed E-state index contributed by atoms with van der Waals surface area (Å²) in [5.41, 5.74) is 7.64. The molecule has 1 amide bonds. The summed E-state index contributed by atoms with van der Waals surface area (Å²) < 4.78 is 5.21. The van der Waals surface area contributed by atoms with E-state index in [0.29, 0.717) is 22.6 Å². The number of nitro benzene ring substituents is 1. The van der Waals surface area contributed by atoms with Crippen molar-refractivity contribution in [2.45, 2.75) is 43.5 Å². The van der Waals surface area contributed by atoms with Crippen LogP contribution in [0.2, 0.25) is 0 Å². The van der Waals surface area contributed by atoms with Crippen LogP contribution in [0.5, 0.6) is 5.75 Å². The first-order valence-corrected chi connectivity index (χ1v) is 11.8. The number of hydrogen-bond donors (Lipinski definition) is 2. The van der Waals surface area contributed by atoms with Crippen molar-refractivity contribution < 1.29 is 14.5 Å². The van der Waals surface area contributed by atoms with Crippen LogP contribution in [0.3, 0.4) is 0 Å². The number of anilines is 2. The van der Waals surface area contributed by atoms with Gasteiger partial charge in [0, 0.05) is 17.0 Å². The molecule has 0 fully saturated rings. The minimum atomic E-state index is -0.564. The van der Waals surface area contributed by atoms with Crippen molar-refractivity contribution in [1.29, 1.82) is 0 Å². The van der Waals surface area contributed by atoms with E-state index in [1.807, 2.05) is 0 Å². The van der Waals surface area contributed by atoms with Gasteiger partial charge in [0.05, 0.1) is 28.4 Å². The molecular formula is C21H23N5O4S2. The number of nitrogens with zero attached hydrogens (tertiary/aromatic N) is 3. The highest BCUT2D eigenvalue weighted by Gasteiger charge is 2.25. The van der Waals surface area contributed by atoms with E-state index in [1.54, 1.807) is 18.3 Å². The Morgan fingerprint density at radius 1 is 1.44 bits per heavy atom. The average molecular weight is 474 g/mol. The highest BCUT2D eigenvalue weighted by atomic mass is 32.2. The first kappa shape index (κ1) is 22.3. The third-order valence-corrected chi connectivity index (χ3v) is 7.57. The van der Waals surface area contributed by atoms with E-state index in [9.17, 15) is 14.9 Å². The van der Waals surface area contributed by atoms with Crippen LogP contribution in [-0.4, -0.2) is 33.2 Å². The maximum atomic E-state index is 12.8. The Hall–Kier alpha value is -2.92. The molecule has 0 saturated carbocycles. The number of benzene rings is 1. The quantitative estimate of drug-likeness (QED) is 0.232. The summed E-state index contributed by atoms with van der Waals surface area (Å²) in [6.07, 6.45) is 3.15. The monoisotopic (exact) mass is 473 g/mol. The third kappa shape index (κ3) is 4.35. The standard InChI is InChI=1S/C21H23N5O4S2/c1-10-4-6-13-16(8-10)32-20-17(13)18(22)24-21(25-20)31-11(2)19(27)23-14-9-12(26(28)29)5-7-15(14)30-3/h5,7,9-11H,4,6,8H2,1-3H3,(H,23,27)(H2,22,24,25). The number of aryl methyl sites for hydroxylation is 1. The number of non-ortho nitro benzene ring substituents is 1. The Bertz CT molecular complexity index is 1210. The molecule has 0 radical (unpaired) electrons. The van der Waals surface area contributed by atoms with E-state index in [-0.39, 0.29) is 17.3 Å². The van der Waals surface area contributed by atoms with E-state index in [2.05, 4.69) is 22.2 Å². The average Bonchev–Trinajstić information content (AvgIpc) is 3.11. The van der Waals surface area contributed by atoms with Gasteiger partial charge in [0.25, 0.3) is 5.69 Å². The number of thiophene rings is 1. The minimum absolute atomic E-state index is 0.140. The summed E-state index contributed by atoms with van der Waals surface area (Å²) in [6, 6.07) is 4.04. The molecule has 9 nitrogen and oxygen atoms in total. The second-order valence-corrected chi connectivity index (χ2v) is 10.2. The van der Waals surface area contributed by atoms with Crippen molar-refractivity contribution in [3.8, 4) is 5.75 Å². The molecule has 3 aromatic rings. The number of amides is 1. The highest BCUT2D eigenvalue weighted by molar-refractivity contribution is 8.00. The predicted octanol–water partition coefficient (Wildman–Crippen LogP) is 4.43.